The Morgan fingerprint density at radius 2 is 1.42 bits per heavy atom. The van der Waals surface area contributed by atoms with Gasteiger partial charge in [-0.2, -0.15) is 0 Å². The maximum atomic E-state index is 3.15. The molecule has 1 aromatic rings. The van der Waals surface area contributed by atoms with Crippen molar-refractivity contribution in [1.82, 2.24) is 4.90 Å². The normalized spacial score (nSPS) is 13.3. The number of rotatable bonds is 1. The Morgan fingerprint density at radius 3 is 1.84 bits per heavy atom. The van der Waals surface area contributed by atoms with Gasteiger partial charge in [0.2, 0.25) is 0 Å². The number of fused-ring (bicyclic) bond motifs is 1. The predicted molar refractivity (Wildman–Crippen MR) is 86.4 cm³/mol. The molecule has 0 atom stereocenters. The van der Waals surface area contributed by atoms with Gasteiger partial charge in [-0.15, -0.1) is 5.92 Å². The van der Waals surface area contributed by atoms with Gasteiger partial charge in [0.15, 0.2) is 0 Å². The molecular formula is C18H29N. The van der Waals surface area contributed by atoms with E-state index in [2.05, 4.69) is 41.0 Å². The highest BCUT2D eigenvalue weighted by atomic mass is 15.1. The molecule has 0 radical (unpaired) electrons. The highest BCUT2D eigenvalue weighted by Crippen LogP contribution is 2.14. The maximum absolute atomic E-state index is 3.15. The first kappa shape index (κ1) is 17.7. The molecule has 19 heavy (non-hydrogen) atoms. The molecule has 1 heterocycles. The molecule has 1 nitrogen and oxygen atoms in total. The van der Waals surface area contributed by atoms with Crippen molar-refractivity contribution < 1.29 is 0 Å². The Hall–Kier alpha value is -1.26. The largest absolute Gasteiger partial charge is 0.292 e. The molecule has 0 aromatic heterocycles. The highest BCUT2D eigenvalue weighted by molar-refractivity contribution is 5.28. The summed E-state index contributed by atoms with van der Waals surface area (Å²) in [5, 5.41) is 0. The van der Waals surface area contributed by atoms with Crippen molar-refractivity contribution in [3.05, 3.63) is 35.4 Å². The van der Waals surface area contributed by atoms with E-state index in [4.69, 9.17) is 0 Å². The lowest BCUT2D eigenvalue weighted by Gasteiger charge is -2.15. The fraction of sp³-hybridized carbons (Fsp3) is 0.556. The van der Waals surface area contributed by atoms with E-state index in [0.29, 0.717) is 0 Å². The van der Waals surface area contributed by atoms with Crippen LogP contribution in [0.2, 0.25) is 0 Å². The van der Waals surface area contributed by atoms with Gasteiger partial charge in [0.05, 0.1) is 6.54 Å². The van der Waals surface area contributed by atoms with Crippen LogP contribution in [0.4, 0.5) is 0 Å². The molecular weight excluding hydrogens is 230 g/mol. The Labute approximate surface area is 120 Å². The van der Waals surface area contributed by atoms with Crippen LogP contribution in [0.25, 0.3) is 0 Å². The van der Waals surface area contributed by atoms with Crippen molar-refractivity contribution in [1.29, 1.82) is 0 Å². The lowest BCUT2D eigenvalue weighted by Crippen LogP contribution is -2.26. The van der Waals surface area contributed by atoms with Crippen molar-refractivity contribution >= 4 is 0 Å². The monoisotopic (exact) mass is 259 g/mol. The van der Waals surface area contributed by atoms with E-state index in [0.717, 1.165) is 19.6 Å². The minimum absolute atomic E-state index is 0.921. The Balaban J connectivity index is 0.000000741. The minimum atomic E-state index is 0.921. The average molecular weight is 259 g/mol. The quantitative estimate of drug-likeness (QED) is 0.684. The van der Waals surface area contributed by atoms with Gasteiger partial charge in [0.25, 0.3) is 0 Å². The summed E-state index contributed by atoms with van der Waals surface area (Å²) in [6.45, 7) is 13.1. The maximum Gasteiger partial charge on any atom is 0.0601 e. The first-order valence-electron chi connectivity index (χ1n) is 7.59. The predicted octanol–water partition coefficient (Wildman–Crippen LogP) is 4.16. The van der Waals surface area contributed by atoms with E-state index in [1.165, 1.54) is 24.0 Å². The second kappa shape index (κ2) is 11.8. The Morgan fingerprint density at radius 1 is 0.947 bits per heavy atom. The van der Waals surface area contributed by atoms with Crippen LogP contribution in [0.5, 0.6) is 0 Å². The van der Waals surface area contributed by atoms with Gasteiger partial charge in [0.1, 0.15) is 0 Å². The van der Waals surface area contributed by atoms with Gasteiger partial charge >= 0.3 is 0 Å². The van der Waals surface area contributed by atoms with E-state index in [-0.39, 0.29) is 0 Å². The summed E-state index contributed by atoms with van der Waals surface area (Å²) < 4.78 is 0. The number of nitrogens with zero attached hydrogens (tertiary/aromatic N) is 1. The molecule has 0 amide bonds. The molecule has 0 fully saturated rings. The molecule has 0 saturated heterocycles. The fourth-order valence-electron chi connectivity index (χ4n) is 2.06. The van der Waals surface area contributed by atoms with Gasteiger partial charge < -0.3 is 0 Å². The van der Waals surface area contributed by atoms with Crippen molar-refractivity contribution in [2.45, 2.75) is 47.5 Å². The van der Waals surface area contributed by atoms with Gasteiger partial charge in [0, 0.05) is 13.1 Å². The van der Waals surface area contributed by atoms with Crippen molar-refractivity contribution in [2.75, 3.05) is 19.6 Å². The molecule has 0 bridgehead atoms. The molecule has 2 rings (SSSR count). The molecule has 0 spiro atoms. The van der Waals surface area contributed by atoms with E-state index >= 15 is 0 Å². The molecule has 1 aliphatic rings. The molecule has 1 aromatic carbocycles. The van der Waals surface area contributed by atoms with E-state index in [1.54, 1.807) is 0 Å². The third-order valence-electron chi connectivity index (χ3n) is 2.99. The molecule has 0 unspecified atom stereocenters. The van der Waals surface area contributed by atoms with Gasteiger partial charge in [-0.3, -0.25) is 4.90 Å². The van der Waals surface area contributed by atoms with Crippen molar-refractivity contribution in [3.8, 4) is 11.8 Å². The summed E-state index contributed by atoms with van der Waals surface area (Å²) in [6, 6.07) is 8.79. The van der Waals surface area contributed by atoms with Crippen LogP contribution in [0.3, 0.4) is 0 Å². The van der Waals surface area contributed by atoms with Crippen molar-refractivity contribution in [2.24, 2.45) is 0 Å². The topological polar surface area (TPSA) is 3.24 Å². The molecule has 0 N–H and O–H groups in total. The van der Waals surface area contributed by atoms with Crippen LogP contribution in [-0.4, -0.2) is 24.5 Å². The van der Waals surface area contributed by atoms with Gasteiger partial charge in [-0.05, 0) is 30.9 Å². The zero-order valence-corrected chi connectivity index (χ0v) is 13.3. The van der Waals surface area contributed by atoms with Crippen LogP contribution in [0, 0.1) is 11.8 Å². The van der Waals surface area contributed by atoms with Crippen molar-refractivity contribution in [3.63, 3.8) is 0 Å². The highest BCUT2D eigenvalue weighted by Gasteiger charge is 2.11. The summed E-state index contributed by atoms with van der Waals surface area (Å²) in [7, 11) is 0. The lowest BCUT2D eigenvalue weighted by atomic mass is 10.0. The second-order valence-corrected chi connectivity index (χ2v) is 3.97. The summed E-state index contributed by atoms with van der Waals surface area (Å²) in [5.41, 5.74) is 3.04. The molecule has 106 valence electrons. The van der Waals surface area contributed by atoms with E-state index in [9.17, 15) is 0 Å². The van der Waals surface area contributed by atoms with Gasteiger partial charge in [-0.25, -0.2) is 0 Å². The van der Waals surface area contributed by atoms with Crippen LogP contribution in [-0.2, 0) is 12.8 Å². The SMILES string of the molecule is CC.CC.CC#CCN1CCc2ccccc2CC1. The standard InChI is InChI=1S/C14H17N.2C2H6/c1-2-3-10-15-11-8-13-6-4-5-7-14(13)9-12-15;2*1-2/h4-7H,8-12H2,1H3;2*1-2H3. The Kier molecular flexibility index (Phi) is 11.0. The van der Waals surface area contributed by atoms with Crippen LogP contribution < -0.4 is 0 Å². The third-order valence-corrected chi connectivity index (χ3v) is 2.99. The molecule has 1 heteroatoms. The average Bonchev–Trinajstić information content (AvgIpc) is 2.72. The molecule has 1 aliphatic heterocycles. The molecule has 0 saturated carbocycles. The lowest BCUT2D eigenvalue weighted by molar-refractivity contribution is 0.323. The third kappa shape index (κ3) is 6.45. The minimum Gasteiger partial charge on any atom is -0.292 e. The summed E-state index contributed by atoms with van der Waals surface area (Å²) in [4.78, 5) is 2.44. The smallest absolute Gasteiger partial charge is 0.0601 e. The number of hydrogen-bond acceptors (Lipinski definition) is 1. The summed E-state index contributed by atoms with van der Waals surface area (Å²) in [6.07, 6.45) is 2.34. The number of benzene rings is 1. The first-order chi connectivity index (χ1) is 9.40. The van der Waals surface area contributed by atoms with Crippen LogP contribution >= 0.6 is 0 Å². The first-order valence-corrected chi connectivity index (χ1v) is 7.59. The van der Waals surface area contributed by atoms with E-state index in [1.807, 2.05) is 34.6 Å². The number of hydrogen-bond donors (Lipinski definition) is 0. The van der Waals surface area contributed by atoms with E-state index < -0.39 is 0 Å². The Bertz CT molecular complexity index is 357. The fourth-order valence-corrected chi connectivity index (χ4v) is 2.06. The molecule has 0 aliphatic carbocycles. The van der Waals surface area contributed by atoms with Crippen LogP contribution in [0.15, 0.2) is 24.3 Å². The van der Waals surface area contributed by atoms with Gasteiger partial charge in [-0.1, -0.05) is 57.9 Å². The second-order valence-electron chi connectivity index (χ2n) is 3.97. The zero-order valence-electron chi connectivity index (χ0n) is 13.3. The summed E-state index contributed by atoms with van der Waals surface area (Å²) >= 11 is 0. The zero-order chi connectivity index (χ0) is 14.5. The van der Waals surface area contributed by atoms with Crippen LogP contribution in [0.1, 0.15) is 45.7 Å². The summed E-state index contributed by atoms with van der Waals surface area (Å²) in [5.74, 6) is 6.11.